The molecule has 1 aromatic heterocycles. The number of aromatic nitrogens is 2. The number of hydrogen-bond donors (Lipinski definition) is 2. The summed E-state index contributed by atoms with van der Waals surface area (Å²) in [6, 6.07) is 12.5. The van der Waals surface area contributed by atoms with Gasteiger partial charge in [-0.05, 0) is 30.3 Å². The lowest BCUT2D eigenvalue weighted by Gasteiger charge is -2.30. The van der Waals surface area contributed by atoms with Gasteiger partial charge in [-0.1, -0.05) is 0 Å². The third-order valence-corrected chi connectivity index (χ3v) is 6.83. The van der Waals surface area contributed by atoms with Crippen LogP contribution in [-0.2, 0) is 9.53 Å². The first kappa shape index (κ1) is 27.1. The summed E-state index contributed by atoms with van der Waals surface area (Å²) in [6.45, 7) is 3.07. The van der Waals surface area contributed by atoms with Gasteiger partial charge in [-0.15, -0.1) is 0 Å². The molecule has 11 nitrogen and oxygen atoms in total. The molecule has 1 atom stereocenters. The van der Waals surface area contributed by atoms with E-state index < -0.39 is 12.4 Å². The summed E-state index contributed by atoms with van der Waals surface area (Å²) in [6.07, 6.45) is 1.34. The second-order valence-electron chi connectivity index (χ2n) is 9.35. The van der Waals surface area contributed by atoms with Crippen LogP contribution in [-0.4, -0.2) is 85.1 Å². The number of carbonyl (C=O) groups is 1. The highest BCUT2D eigenvalue weighted by Gasteiger charge is 2.28. The maximum absolute atomic E-state index is 14.8. The second-order valence-corrected chi connectivity index (χ2v) is 9.35. The lowest BCUT2D eigenvalue weighted by atomic mass is 10.1. The van der Waals surface area contributed by atoms with E-state index in [4.69, 9.17) is 19.3 Å². The van der Waals surface area contributed by atoms with Crippen LogP contribution in [0.15, 0.2) is 42.6 Å². The summed E-state index contributed by atoms with van der Waals surface area (Å²) in [4.78, 5) is 23.9. The van der Waals surface area contributed by atoms with Gasteiger partial charge in [0.1, 0.15) is 36.0 Å². The van der Waals surface area contributed by atoms with Crippen LogP contribution in [0.2, 0.25) is 0 Å². The number of nitrogens with zero attached hydrogens (tertiary/aromatic N) is 5. The van der Waals surface area contributed by atoms with Crippen LogP contribution in [0.1, 0.15) is 12.0 Å². The number of nitriles is 1. The van der Waals surface area contributed by atoms with Crippen molar-refractivity contribution >= 4 is 23.2 Å². The standard InChI is InChI=1S/C28H29FN6O5/c1-38-25-13-20(3-4-23(25)34-8-10-39-11-9-34)32-28-31-15-22(29)27(33-28)18-2-5-24(19(12-18)14-30)40-21-6-7-35(16-21)26(37)17-36/h2-5,12-13,15,21,36H,6-11,16-17H2,1H3,(H,31,32,33). The molecule has 1 amide bonds. The Morgan fingerprint density at radius 1 is 1.23 bits per heavy atom. The number of aliphatic hydroxyl groups is 1. The highest BCUT2D eigenvalue weighted by molar-refractivity contribution is 5.77. The molecule has 2 saturated heterocycles. The zero-order valence-electron chi connectivity index (χ0n) is 22.0. The first-order valence-electron chi connectivity index (χ1n) is 12.9. The van der Waals surface area contributed by atoms with E-state index in [9.17, 15) is 14.4 Å². The maximum atomic E-state index is 14.8. The van der Waals surface area contributed by atoms with E-state index >= 15 is 0 Å². The Morgan fingerprint density at radius 2 is 2.05 bits per heavy atom. The molecule has 40 heavy (non-hydrogen) atoms. The van der Waals surface area contributed by atoms with Crippen LogP contribution >= 0.6 is 0 Å². The topological polar surface area (TPSA) is 133 Å². The number of nitrogens with one attached hydrogen (secondary N) is 1. The minimum Gasteiger partial charge on any atom is -0.495 e. The quantitative estimate of drug-likeness (QED) is 0.433. The number of amides is 1. The number of benzene rings is 2. The van der Waals surface area contributed by atoms with Gasteiger partial charge in [0.25, 0.3) is 0 Å². The molecule has 1 unspecified atom stereocenters. The van der Waals surface area contributed by atoms with Crippen LogP contribution in [0.25, 0.3) is 11.3 Å². The summed E-state index contributed by atoms with van der Waals surface area (Å²) in [5.74, 6) is 0.176. The molecule has 2 aromatic carbocycles. The van der Waals surface area contributed by atoms with E-state index in [2.05, 4.69) is 26.3 Å². The molecule has 3 heterocycles. The van der Waals surface area contributed by atoms with Crippen LogP contribution < -0.4 is 19.7 Å². The van der Waals surface area contributed by atoms with Crippen LogP contribution in [0.3, 0.4) is 0 Å². The molecule has 0 radical (unpaired) electrons. The fourth-order valence-corrected chi connectivity index (χ4v) is 4.78. The molecule has 2 aliphatic rings. The van der Waals surface area contributed by atoms with E-state index in [1.54, 1.807) is 19.2 Å². The smallest absolute Gasteiger partial charge is 0.248 e. The van der Waals surface area contributed by atoms with Crippen molar-refractivity contribution in [2.75, 3.05) is 63.3 Å². The largest absolute Gasteiger partial charge is 0.495 e. The van der Waals surface area contributed by atoms with Crippen LogP contribution in [0.5, 0.6) is 11.5 Å². The molecule has 3 aromatic rings. The number of ether oxygens (including phenoxy) is 3. The highest BCUT2D eigenvalue weighted by atomic mass is 19.1. The average molecular weight is 549 g/mol. The van der Waals surface area contributed by atoms with E-state index in [1.165, 1.54) is 11.0 Å². The predicted molar refractivity (Wildman–Crippen MR) is 144 cm³/mol. The molecule has 2 aliphatic heterocycles. The Morgan fingerprint density at radius 3 is 2.80 bits per heavy atom. The van der Waals surface area contributed by atoms with Crippen molar-refractivity contribution in [3.05, 3.63) is 54.0 Å². The lowest BCUT2D eigenvalue weighted by molar-refractivity contribution is -0.133. The van der Waals surface area contributed by atoms with Crippen molar-refractivity contribution in [3.8, 4) is 28.8 Å². The predicted octanol–water partition coefficient (Wildman–Crippen LogP) is 2.72. The van der Waals surface area contributed by atoms with Gasteiger partial charge >= 0.3 is 0 Å². The molecular formula is C28H29FN6O5. The van der Waals surface area contributed by atoms with Crippen molar-refractivity contribution < 1.29 is 28.5 Å². The minimum atomic E-state index is -0.641. The van der Waals surface area contributed by atoms with E-state index in [-0.39, 0.29) is 29.2 Å². The van der Waals surface area contributed by atoms with Gasteiger partial charge < -0.3 is 34.4 Å². The van der Waals surface area contributed by atoms with Gasteiger partial charge in [0.2, 0.25) is 11.9 Å². The Hall–Kier alpha value is -4.47. The monoisotopic (exact) mass is 548 g/mol. The summed E-state index contributed by atoms with van der Waals surface area (Å²) < 4.78 is 31.8. The van der Waals surface area contributed by atoms with Gasteiger partial charge in [0.05, 0.1) is 44.3 Å². The van der Waals surface area contributed by atoms with Gasteiger partial charge in [0.15, 0.2) is 5.82 Å². The fraction of sp³-hybridized carbons (Fsp3) is 0.357. The molecule has 0 aliphatic carbocycles. The third kappa shape index (κ3) is 5.90. The van der Waals surface area contributed by atoms with Crippen molar-refractivity contribution in [1.82, 2.24) is 14.9 Å². The lowest BCUT2D eigenvalue weighted by Crippen LogP contribution is -2.36. The Kier molecular flexibility index (Phi) is 8.23. The van der Waals surface area contributed by atoms with Gasteiger partial charge in [0, 0.05) is 43.4 Å². The Balaban J connectivity index is 1.33. The number of rotatable bonds is 8. The van der Waals surface area contributed by atoms with Crippen molar-refractivity contribution in [2.24, 2.45) is 0 Å². The van der Waals surface area contributed by atoms with Gasteiger partial charge in [-0.25, -0.2) is 14.4 Å². The molecule has 2 N–H and O–H groups in total. The molecule has 5 rings (SSSR count). The maximum Gasteiger partial charge on any atom is 0.248 e. The molecule has 12 heteroatoms. The number of anilines is 3. The Labute approximate surface area is 230 Å². The summed E-state index contributed by atoms with van der Waals surface area (Å²) in [7, 11) is 1.60. The fourth-order valence-electron chi connectivity index (χ4n) is 4.78. The molecular weight excluding hydrogens is 519 g/mol. The molecule has 0 spiro atoms. The zero-order valence-corrected chi connectivity index (χ0v) is 22.0. The first-order chi connectivity index (χ1) is 19.5. The van der Waals surface area contributed by atoms with E-state index in [1.807, 2.05) is 18.2 Å². The molecule has 2 fully saturated rings. The molecule has 0 bridgehead atoms. The second kappa shape index (κ2) is 12.1. The number of halogens is 1. The number of morpholine rings is 1. The van der Waals surface area contributed by atoms with E-state index in [0.717, 1.165) is 25.0 Å². The van der Waals surface area contributed by atoms with Gasteiger partial charge in [-0.3, -0.25) is 4.79 Å². The highest BCUT2D eigenvalue weighted by Crippen LogP contribution is 2.33. The normalized spacial score (nSPS) is 16.9. The number of methoxy groups -OCH3 is 1. The van der Waals surface area contributed by atoms with Crippen molar-refractivity contribution in [1.29, 1.82) is 5.26 Å². The molecule has 208 valence electrons. The number of aliphatic hydroxyl groups excluding tert-OH is 1. The Bertz CT molecular complexity index is 1420. The third-order valence-electron chi connectivity index (χ3n) is 6.83. The zero-order chi connectivity index (χ0) is 28.1. The van der Waals surface area contributed by atoms with Crippen LogP contribution in [0, 0.1) is 17.1 Å². The number of hydrogen-bond acceptors (Lipinski definition) is 10. The van der Waals surface area contributed by atoms with Crippen molar-refractivity contribution in [2.45, 2.75) is 12.5 Å². The van der Waals surface area contributed by atoms with Crippen molar-refractivity contribution in [3.63, 3.8) is 0 Å². The van der Waals surface area contributed by atoms with Gasteiger partial charge in [-0.2, -0.15) is 5.26 Å². The van der Waals surface area contributed by atoms with E-state index in [0.29, 0.717) is 55.5 Å². The SMILES string of the molecule is COc1cc(Nc2ncc(F)c(-c3ccc(OC4CCN(C(=O)CO)C4)c(C#N)c3)n2)ccc1N1CCOCC1. The minimum absolute atomic E-state index is 0.0260. The number of carbonyl (C=O) groups excluding carboxylic acids is 1. The summed E-state index contributed by atoms with van der Waals surface area (Å²) in [5.41, 5.74) is 2.24. The first-order valence-corrected chi connectivity index (χ1v) is 12.9. The average Bonchev–Trinajstić information content (AvgIpc) is 3.47. The summed E-state index contributed by atoms with van der Waals surface area (Å²) >= 11 is 0. The molecule has 0 saturated carbocycles. The summed E-state index contributed by atoms with van der Waals surface area (Å²) in [5, 5.41) is 21.9. The van der Waals surface area contributed by atoms with Crippen LogP contribution in [0.4, 0.5) is 21.7 Å². The number of likely N-dealkylation sites (tertiary alicyclic amines) is 1.